The summed E-state index contributed by atoms with van der Waals surface area (Å²) in [6, 6.07) is 0.544. The van der Waals surface area contributed by atoms with Crippen LogP contribution in [-0.4, -0.2) is 33.8 Å². The summed E-state index contributed by atoms with van der Waals surface area (Å²) in [6.07, 6.45) is 4.45. The number of rotatable bonds is 1. The molecule has 1 atom stereocenters. The molecule has 2 rings (SSSR count). The van der Waals surface area contributed by atoms with Crippen molar-refractivity contribution in [2.45, 2.75) is 71.4 Å². The quantitative estimate of drug-likeness (QED) is 0.773. The van der Waals surface area contributed by atoms with Crippen LogP contribution in [0.2, 0.25) is 0 Å². The fraction of sp³-hybridized carbons (Fsp3) is 0.812. The molecule has 1 aromatic heterocycles. The van der Waals surface area contributed by atoms with Crippen molar-refractivity contribution >= 4 is 0 Å². The molecule has 0 aromatic carbocycles. The van der Waals surface area contributed by atoms with Crippen LogP contribution in [0, 0.1) is 6.92 Å². The van der Waals surface area contributed by atoms with Crippen molar-refractivity contribution in [3.63, 3.8) is 0 Å². The summed E-state index contributed by atoms with van der Waals surface area (Å²) in [5, 5.41) is 4.69. The molecule has 19 heavy (non-hydrogen) atoms. The lowest BCUT2D eigenvalue weighted by molar-refractivity contribution is 0.0711. The zero-order chi connectivity index (χ0) is 14.4. The van der Waals surface area contributed by atoms with Crippen molar-refractivity contribution in [3.8, 4) is 0 Å². The van der Waals surface area contributed by atoms with Gasteiger partial charge >= 0.3 is 0 Å². The van der Waals surface area contributed by atoms with E-state index in [-0.39, 0.29) is 11.0 Å². The fourth-order valence-electron chi connectivity index (χ4n) is 3.22. The number of hydrogen-bond donors (Lipinski definition) is 0. The second kappa shape index (κ2) is 4.62. The normalized spacial score (nSPS) is 24.7. The summed E-state index contributed by atoms with van der Waals surface area (Å²) in [7, 11) is 2.23. The zero-order valence-electron chi connectivity index (χ0n) is 13.6. The van der Waals surface area contributed by atoms with Gasteiger partial charge in [-0.3, -0.25) is 4.68 Å². The third-order valence-electron chi connectivity index (χ3n) is 4.76. The van der Waals surface area contributed by atoms with Crippen LogP contribution < -0.4 is 0 Å². The number of aromatic nitrogens is 2. The molecule has 1 saturated heterocycles. The van der Waals surface area contributed by atoms with Crippen molar-refractivity contribution < 1.29 is 0 Å². The van der Waals surface area contributed by atoms with Crippen LogP contribution in [0.25, 0.3) is 0 Å². The zero-order valence-corrected chi connectivity index (χ0v) is 13.6. The molecular weight excluding hydrogens is 234 g/mol. The van der Waals surface area contributed by atoms with Gasteiger partial charge in [-0.2, -0.15) is 5.10 Å². The summed E-state index contributed by atoms with van der Waals surface area (Å²) in [5.41, 5.74) is 3.18. The maximum Gasteiger partial charge on any atom is 0.0552 e. The highest BCUT2D eigenvalue weighted by atomic mass is 15.3. The molecule has 3 nitrogen and oxygen atoms in total. The summed E-state index contributed by atoms with van der Waals surface area (Å²) in [4.78, 5) is 2.47. The van der Waals surface area contributed by atoms with Gasteiger partial charge in [0.05, 0.1) is 12.2 Å². The third kappa shape index (κ3) is 2.71. The SMILES string of the molecule is Cc1c(C(C)(C)C)cnn1C1CCN(C)C(C)(C)C1. The lowest BCUT2D eigenvalue weighted by Crippen LogP contribution is -2.48. The minimum absolute atomic E-state index is 0.184. The third-order valence-corrected chi connectivity index (χ3v) is 4.76. The van der Waals surface area contributed by atoms with E-state index in [0.29, 0.717) is 6.04 Å². The van der Waals surface area contributed by atoms with Gasteiger partial charge in [0.1, 0.15) is 0 Å². The van der Waals surface area contributed by atoms with E-state index >= 15 is 0 Å². The van der Waals surface area contributed by atoms with Crippen LogP contribution in [-0.2, 0) is 5.41 Å². The second-order valence-electron chi connectivity index (χ2n) is 7.72. The first-order valence-electron chi connectivity index (χ1n) is 7.39. The van der Waals surface area contributed by atoms with Gasteiger partial charge in [0.2, 0.25) is 0 Å². The lowest BCUT2D eigenvalue weighted by Gasteiger charge is -2.43. The number of hydrogen-bond acceptors (Lipinski definition) is 2. The van der Waals surface area contributed by atoms with Crippen molar-refractivity contribution in [1.29, 1.82) is 0 Å². The van der Waals surface area contributed by atoms with E-state index in [1.54, 1.807) is 0 Å². The predicted octanol–water partition coefficient (Wildman–Crippen LogP) is 3.53. The molecule has 1 aliphatic heterocycles. The average molecular weight is 263 g/mol. The monoisotopic (exact) mass is 263 g/mol. The van der Waals surface area contributed by atoms with Gasteiger partial charge in [0.15, 0.2) is 0 Å². The van der Waals surface area contributed by atoms with Gasteiger partial charge < -0.3 is 4.90 Å². The molecule has 2 heterocycles. The Hall–Kier alpha value is -0.830. The summed E-state index contributed by atoms with van der Waals surface area (Å²) in [6.45, 7) is 14.8. The molecule has 1 unspecified atom stereocenters. The number of likely N-dealkylation sites (tertiary alicyclic amines) is 1. The summed E-state index contributed by atoms with van der Waals surface area (Å²) < 4.78 is 2.27. The first-order valence-corrected chi connectivity index (χ1v) is 7.39. The molecule has 0 radical (unpaired) electrons. The Balaban J connectivity index is 2.27. The van der Waals surface area contributed by atoms with Crippen LogP contribution in [0.15, 0.2) is 6.20 Å². The van der Waals surface area contributed by atoms with Crippen molar-refractivity contribution in [2.75, 3.05) is 13.6 Å². The lowest BCUT2D eigenvalue weighted by atomic mass is 9.86. The molecule has 3 heteroatoms. The van der Waals surface area contributed by atoms with Crippen LogP contribution in [0.5, 0.6) is 0 Å². The van der Waals surface area contributed by atoms with E-state index in [9.17, 15) is 0 Å². The average Bonchev–Trinajstić information content (AvgIpc) is 2.64. The molecule has 1 aromatic rings. The topological polar surface area (TPSA) is 21.1 Å². The first-order chi connectivity index (χ1) is 8.63. The highest BCUT2D eigenvalue weighted by Gasteiger charge is 2.34. The maximum atomic E-state index is 4.69. The second-order valence-corrected chi connectivity index (χ2v) is 7.72. The smallest absolute Gasteiger partial charge is 0.0552 e. The van der Waals surface area contributed by atoms with Gasteiger partial charge in [-0.15, -0.1) is 0 Å². The molecule has 0 saturated carbocycles. The summed E-state index contributed by atoms with van der Waals surface area (Å²) >= 11 is 0. The summed E-state index contributed by atoms with van der Waals surface area (Å²) in [5.74, 6) is 0. The van der Waals surface area contributed by atoms with Gasteiger partial charge in [0, 0.05) is 17.8 Å². The Kier molecular flexibility index (Phi) is 3.54. The molecule has 108 valence electrons. The Bertz CT molecular complexity index is 451. The molecule has 1 fully saturated rings. The molecule has 1 aliphatic rings. The standard InChI is InChI=1S/C16H29N3/c1-12-14(15(2,3)4)11-17-19(12)13-8-9-18(7)16(5,6)10-13/h11,13H,8-10H2,1-7H3. The largest absolute Gasteiger partial charge is 0.301 e. The first kappa shape index (κ1) is 14.6. The van der Waals surface area contributed by atoms with Gasteiger partial charge in [-0.25, -0.2) is 0 Å². The van der Waals surface area contributed by atoms with Gasteiger partial charge in [-0.05, 0) is 51.6 Å². The van der Waals surface area contributed by atoms with E-state index in [4.69, 9.17) is 5.10 Å². The molecular formula is C16H29N3. The molecule has 0 aliphatic carbocycles. The fourth-order valence-corrected chi connectivity index (χ4v) is 3.22. The molecule has 0 N–H and O–H groups in total. The van der Waals surface area contributed by atoms with E-state index in [0.717, 1.165) is 6.54 Å². The van der Waals surface area contributed by atoms with Gasteiger partial charge in [-0.1, -0.05) is 20.8 Å². The minimum Gasteiger partial charge on any atom is -0.301 e. The number of nitrogens with zero attached hydrogens (tertiary/aromatic N) is 3. The number of piperidine rings is 1. The Morgan fingerprint density at radius 3 is 2.42 bits per heavy atom. The van der Waals surface area contributed by atoms with Crippen LogP contribution >= 0.6 is 0 Å². The van der Waals surface area contributed by atoms with Crippen LogP contribution in [0.1, 0.15) is 64.8 Å². The molecule has 0 amide bonds. The maximum absolute atomic E-state index is 4.69. The van der Waals surface area contributed by atoms with E-state index in [2.05, 4.69) is 64.4 Å². The Morgan fingerprint density at radius 2 is 1.95 bits per heavy atom. The minimum atomic E-state index is 0.184. The van der Waals surface area contributed by atoms with Gasteiger partial charge in [0.25, 0.3) is 0 Å². The molecule has 0 bridgehead atoms. The van der Waals surface area contributed by atoms with Crippen LogP contribution in [0.4, 0.5) is 0 Å². The highest BCUT2D eigenvalue weighted by molar-refractivity contribution is 5.25. The highest BCUT2D eigenvalue weighted by Crippen LogP contribution is 2.35. The van der Waals surface area contributed by atoms with E-state index in [1.807, 2.05) is 0 Å². The van der Waals surface area contributed by atoms with Crippen LogP contribution in [0.3, 0.4) is 0 Å². The van der Waals surface area contributed by atoms with Crippen molar-refractivity contribution in [2.24, 2.45) is 0 Å². The van der Waals surface area contributed by atoms with E-state index in [1.165, 1.54) is 24.1 Å². The Morgan fingerprint density at radius 1 is 1.32 bits per heavy atom. The van der Waals surface area contributed by atoms with Crippen molar-refractivity contribution in [1.82, 2.24) is 14.7 Å². The van der Waals surface area contributed by atoms with E-state index < -0.39 is 0 Å². The van der Waals surface area contributed by atoms with Crippen molar-refractivity contribution in [3.05, 3.63) is 17.5 Å². The predicted molar refractivity (Wildman–Crippen MR) is 80.6 cm³/mol. The molecule has 0 spiro atoms. The Labute approximate surface area is 118 Å².